The van der Waals surface area contributed by atoms with Gasteiger partial charge in [0.15, 0.2) is 0 Å². The molecule has 2 aromatic rings. The van der Waals surface area contributed by atoms with Gasteiger partial charge in [0.2, 0.25) is 0 Å². The van der Waals surface area contributed by atoms with Crippen LogP contribution in [0.25, 0.3) is 0 Å². The number of benzene rings is 2. The zero-order chi connectivity index (χ0) is 13.8. The molecule has 0 bridgehead atoms. The molecule has 0 heterocycles. The predicted molar refractivity (Wildman–Crippen MR) is 83.5 cm³/mol. The van der Waals surface area contributed by atoms with Crippen LogP contribution in [0.2, 0.25) is 10.0 Å². The van der Waals surface area contributed by atoms with Crippen LogP contribution < -0.4 is 5.32 Å². The fourth-order valence-electron chi connectivity index (χ4n) is 1.55. The van der Waals surface area contributed by atoms with Crippen LogP contribution in [0.5, 0.6) is 0 Å². The Kier molecular flexibility index (Phi) is 4.86. The maximum atomic E-state index is 12.1. The summed E-state index contributed by atoms with van der Waals surface area (Å²) in [4.78, 5) is 12.1. The lowest BCUT2D eigenvalue weighted by molar-refractivity contribution is 0.102. The van der Waals surface area contributed by atoms with E-state index >= 15 is 0 Å². The minimum atomic E-state index is -0.279. The van der Waals surface area contributed by atoms with E-state index in [0.717, 1.165) is 10.9 Å². The molecule has 0 aliphatic carbocycles. The van der Waals surface area contributed by atoms with Crippen molar-refractivity contribution in [2.24, 2.45) is 0 Å². The molecule has 2 nitrogen and oxygen atoms in total. The van der Waals surface area contributed by atoms with Gasteiger partial charge in [-0.05, 0) is 35.9 Å². The second-order valence-electron chi connectivity index (χ2n) is 3.91. The molecule has 0 saturated carbocycles. The van der Waals surface area contributed by atoms with Crippen molar-refractivity contribution in [1.82, 2.24) is 0 Å². The second kappa shape index (κ2) is 6.42. The molecule has 98 valence electrons. The van der Waals surface area contributed by atoms with Crippen molar-refractivity contribution in [3.05, 3.63) is 63.6 Å². The van der Waals surface area contributed by atoms with Gasteiger partial charge in [-0.25, -0.2) is 0 Å². The van der Waals surface area contributed by atoms with Crippen molar-refractivity contribution in [3.63, 3.8) is 0 Å². The van der Waals surface area contributed by atoms with Crippen molar-refractivity contribution in [2.75, 3.05) is 5.32 Å². The standard InChI is InChI=1S/C14H10BrCl2NO/c15-8-9-1-4-11(5-2-9)18-14(19)12-7-10(16)3-6-13(12)17/h1-7H,8H2,(H,18,19). The van der Waals surface area contributed by atoms with Crippen LogP contribution in [0, 0.1) is 0 Å². The molecule has 2 rings (SSSR count). The van der Waals surface area contributed by atoms with Crippen molar-refractivity contribution in [1.29, 1.82) is 0 Å². The van der Waals surface area contributed by atoms with E-state index in [2.05, 4.69) is 21.2 Å². The average Bonchev–Trinajstić information content (AvgIpc) is 2.42. The number of anilines is 1. The zero-order valence-electron chi connectivity index (χ0n) is 9.79. The van der Waals surface area contributed by atoms with Gasteiger partial charge >= 0.3 is 0 Å². The summed E-state index contributed by atoms with van der Waals surface area (Å²) >= 11 is 15.2. The molecule has 5 heteroatoms. The molecule has 0 fully saturated rings. The van der Waals surface area contributed by atoms with E-state index in [1.54, 1.807) is 18.2 Å². The van der Waals surface area contributed by atoms with E-state index in [-0.39, 0.29) is 5.91 Å². The maximum Gasteiger partial charge on any atom is 0.257 e. The molecule has 2 aromatic carbocycles. The van der Waals surface area contributed by atoms with E-state index in [0.29, 0.717) is 21.3 Å². The largest absolute Gasteiger partial charge is 0.322 e. The first-order valence-corrected chi connectivity index (χ1v) is 7.39. The highest BCUT2D eigenvalue weighted by Gasteiger charge is 2.11. The molecule has 0 saturated heterocycles. The molecule has 0 aliphatic rings. The topological polar surface area (TPSA) is 29.1 Å². The number of halogens is 3. The van der Waals surface area contributed by atoms with Gasteiger partial charge in [-0.2, -0.15) is 0 Å². The number of hydrogen-bond acceptors (Lipinski definition) is 1. The molecular formula is C14H10BrCl2NO. The lowest BCUT2D eigenvalue weighted by Crippen LogP contribution is -2.12. The van der Waals surface area contributed by atoms with Gasteiger partial charge in [0.25, 0.3) is 5.91 Å². The van der Waals surface area contributed by atoms with Crippen LogP contribution in [0.4, 0.5) is 5.69 Å². The smallest absolute Gasteiger partial charge is 0.257 e. The molecule has 0 unspecified atom stereocenters. The third kappa shape index (κ3) is 3.72. The summed E-state index contributed by atoms with van der Waals surface area (Å²) in [7, 11) is 0. The minimum Gasteiger partial charge on any atom is -0.322 e. The summed E-state index contributed by atoms with van der Waals surface area (Å²) in [6.07, 6.45) is 0. The number of amides is 1. The Bertz CT molecular complexity index is 599. The van der Waals surface area contributed by atoms with Gasteiger partial charge < -0.3 is 5.32 Å². The SMILES string of the molecule is O=C(Nc1ccc(CBr)cc1)c1cc(Cl)ccc1Cl. The molecule has 1 amide bonds. The highest BCUT2D eigenvalue weighted by molar-refractivity contribution is 9.08. The quantitative estimate of drug-likeness (QED) is 0.756. The van der Waals surface area contributed by atoms with E-state index in [1.807, 2.05) is 24.3 Å². The van der Waals surface area contributed by atoms with Gasteiger partial charge in [0.05, 0.1) is 10.6 Å². The molecule has 0 aliphatic heterocycles. The monoisotopic (exact) mass is 357 g/mol. The van der Waals surface area contributed by atoms with E-state index in [1.165, 1.54) is 0 Å². The Morgan fingerprint density at radius 3 is 2.42 bits per heavy atom. The molecule has 19 heavy (non-hydrogen) atoms. The Morgan fingerprint density at radius 1 is 1.11 bits per heavy atom. The first-order chi connectivity index (χ1) is 9.10. The van der Waals surface area contributed by atoms with Crippen LogP contribution in [0.3, 0.4) is 0 Å². The number of hydrogen-bond donors (Lipinski definition) is 1. The van der Waals surface area contributed by atoms with Crippen LogP contribution in [0.1, 0.15) is 15.9 Å². The first-order valence-electron chi connectivity index (χ1n) is 5.51. The molecule has 0 spiro atoms. The summed E-state index contributed by atoms with van der Waals surface area (Å²) in [6.45, 7) is 0. The van der Waals surface area contributed by atoms with Gasteiger partial charge in [-0.15, -0.1) is 0 Å². The normalized spacial score (nSPS) is 10.3. The number of rotatable bonds is 3. The van der Waals surface area contributed by atoms with E-state index in [9.17, 15) is 4.79 Å². The number of carbonyl (C=O) groups excluding carboxylic acids is 1. The highest BCUT2D eigenvalue weighted by Crippen LogP contribution is 2.22. The Balaban J connectivity index is 2.18. The average molecular weight is 359 g/mol. The minimum absolute atomic E-state index is 0.279. The zero-order valence-corrected chi connectivity index (χ0v) is 12.9. The van der Waals surface area contributed by atoms with Gasteiger partial charge in [0, 0.05) is 16.0 Å². The van der Waals surface area contributed by atoms with Gasteiger partial charge in [-0.3, -0.25) is 4.79 Å². The summed E-state index contributed by atoms with van der Waals surface area (Å²) in [5.74, 6) is -0.279. The molecule has 1 N–H and O–H groups in total. The van der Waals surface area contributed by atoms with E-state index in [4.69, 9.17) is 23.2 Å². The Hall–Kier alpha value is -1.03. The van der Waals surface area contributed by atoms with Crippen LogP contribution in [-0.2, 0) is 5.33 Å². The lowest BCUT2D eigenvalue weighted by Gasteiger charge is -2.07. The van der Waals surface area contributed by atoms with Crippen molar-refractivity contribution >= 4 is 50.7 Å². The Labute approximate surface area is 129 Å². The fourth-order valence-corrected chi connectivity index (χ4v) is 2.30. The third-order valence-electron chi connectivity index (χ3n) is 2.54. The molecule has 0 aromatic heterocycles. The summed E-state index contributed by atoms with van der Waals surface area (Å²) < 4.78 is 0. The number of nitrogens with one attached hydrogen (secondary N) is 1. The molecule has 0 atom stereocenters. The number of carbonyl (C=O) groups is 1. The van der Waals surface area contributed by atoms with Gasteiger partial charge in [-0.1, -0.05) is 51.3 Å². The predicted octanol–water partition coefficient (Wildman–Crippen LogP) is 5.14. The van der Waals surface area contributed by atoms with Crippen LogP contribution in [0.15, 0.2) is 42.5 Å². The summed E-state index contributed by atoms with van der Waals surface area (Å²) in [6, 6.07) is 12.3. The second-order valence-corrected chi connectivity index (χ2v) is 5.31. The number of alkyl halides is 1. The summed E-state index contributed by atoms with van der Waals surface area (Å²) in [5, 5.41) is 4.41. The maximum absolute atomic E-state index is 12.1. The van der Waals surface area contributed by atoms with Crippen molar-refractivity contribution < 1.29 is 4.79 Å². The third-order valence-corrected chi connectivity index (χ3v) is 3.75. The van der Waals surface area contributed by atoms with Crippen molar-refractivity contribution in [2.45, 2.75) is 5.33 Å². The van der Waals surface area contributed by atoms with Gasteiger partial charge in [0.1, 0.15) is 0 Å². The van der Waals surface area contributed by atoms with Crippen LogP contribution in [-0.4, -0.2) is 5.91 Å². The summed E-state index contributed by atoms with van der Waals surface area (Å²) in [5.41, 5.74) is 2.21. The van der Waals surface area contributed by atoms with Crippen LogP contribution >= 0.6 is 39.1 Å². The van der Waals surface area contributed by atoms with E-state index < -0.39 is 0 Å². The molecule has 0 radical (unpaired) electrons. The lowest BCUT2D eigenvalue weighted by atomic mass is 10.2. The Morgan fingerprint density at radius 2 is 1.79 bits per heavy atom. The van der Waals surface area contributed by atoms with Crippen molar-refractivity contribution in [3.8, 4) is 0 Å². The fraction of sp³-hybridized carbons (Fsp3) is 0.0714. The molecular weight excluding hydrogens is 349 g/mol. The highest BCUT2D eigenvalue weighted by atomic mass is 79.9. The first kappa shape index (κ1) is 14.4.